The van der Waals surface area contributed by atoms with Crippen LogP contribution in [0.5, 0.6) is 11.5 Å². The molecule has 2 aliphatic rings. The summed E-state index contributed by atoms with van der Waals surface area (Å²) in [5, 5.41) is 10.0. The number of allylic oxidation sites excluding steroid dienone is 1. The molecule has 0 amide bonds. The molecule has 3 rings (SSSR count). The van der Waals surface area contributed by atoms with Gasteiger partial charge in [0.2, 0.25) is 0 Å². The molecule has 2 atom stereocenters. The van der Waals surface area contributed by atoms with Crippen LogP contribution in [0, 0.1) is 0 Å². The Hall–Kier alpha value is -1.72. The van der Waals surface area contributed by atoms with E-state index in [0.717, 1.165) is 25.8 Å². The van der Waals surface area contributed by atoms with Crippen molar-refractivity contribution in [2.75, 3.05) is 34.6 Å². The van der Waals surface area contributed by atoms with Crippen LogP contribution in [-0.4, -0.2) is 50.7 Å². The number of rotatable bonds is 5. The molecular formula is C18H25NO4. The zero-order valence-corrected chi connectivity index (χ0v) is 14.0. The van der Waals surface area contributed by atoms with Crippen LogP contribution < -0.4 is 9.47 Å². The molecule has 23 heavy (non-hydrogen) atoms. The van der Waals surface area contributed by atoms with E-state index in [4.69, 9.17) is 14.2 Å². The van der Waals surface area contributed by atoms with E-state index >= 15 is 0 Å². The van der Waals surface area contributed by atoms with Gasteiger partial charge in [0.05, 0.1) is 13.2 Å². The first-order valence-electron chi connectivity index (χ1n) is 8.02. The van der Waals surface area contributed by atoms with E-state index in [0.29, 0.717) is 11.5 Å². The van der Waals surface area contributed by atoms with Gasteiger partial charge in [-0.1, -0.05) is 6.07 Å². The molecule has 1 N–H and O–H groups in total. The van der Waals surface area contributed by atoms with Crippen molar-refractivity contribution in [3.05, 3.63) is 35.5 Å². The average Bonchev–Trinajstić information content (AvgIpc) is 2.90. The maximum Gasteiger partial charge on any atom is 0.188 e. The van der Waals surface area contributed by atoms with Gasteiger partial charge in [-0.3, -0.25) is 0 Å². The van der Waals surface area contributed by atoms with E-state index in [1.54, 1.807) is 14.2 Å². The van der Waals surface area contributed by atoms with Crippen LogP contribution in [0.2, 0.25) is 0 Å². The van der Waals surface area contributed by atoms with Crippen LogP contribution >= 0.6 is 0 Å². The monoisotopic (exact) mass is 319 g/mol. The molecule has 0 unspecified atom stereocenters. The molecule has 0 bridgehead atoms. The quantitative estimate of drug-likeness (QED) is 0.844. The molecule has 1 aliphatic heterocycles. The number of aliphatic hydroxyl groups excluding tert-OH is 1. The molecule has 0 radical (unpaired) electrons. The number of likely N-dealkylation sites (N-methyl/N-ethyl adjacent to an activating group) is 1. The maximum atomic E-state index is 10.0. The minimum atomic E-state index is -0.346. The van der Waals surface area contributed by atoms with Gasteiger partial charge in [0.25, 0.3) is 0 Å². The van der Waals surface area contributed by atoms with Gasteiger partial charge in [-0.15, -0.1) is 0 Å². The Morgan fingerprint density at radius 3 is 2.83 bits per heavy atom. The summed E-state index contributed by atoms with van der Waals surface area (Å²) in [4.78, 5) is 2.25. The van der Waals surface area contributed by atoms with E-state index < -0.39 is 0 Å². The highest BCUT2D eigenvalue weighted by molar-refractivity contribution is 5.49. The first-order chi connectivity index (χ1) is 11.1. The Labute approximate surface area is 137 Å². The molecule has 1 saturated heterocycles. The number of benzene rings is 1. The lowest BCUT2D eigenvalue weighted by molar-refractivity contribution is 0.0490. The molecule has 0 spiro atoms. The summed E-state index contributed by atoms with van der Waals surface area (Å²) >= 11 is 0. The average molecular weight is 319 g/mol. The lowest BCUT2D eigenvalue weighted by atomic mass is 9.70. The molecule has 1 heterocycles. The number of likely N-dealkylation sites (tertiary alicyclic amines) is 1. The van der Waals surface area contributed by atoms with Crippen molar-refractivity contribution >= 4 is 0 Å². The van der Waals surface area contributed by atoms with Crippen molar-refractivity contribution in [2.45, 2.75) is 30.8 Å². The molecule has 5 nitrogen and oxygen atoms in total. The van der Waals surface area contributed by atoms with Gasteiger partial charge >= 0.3 is 0 Å². The van der Waals surface area contributed by atoms with E-state index in [2.05, 4.69) is 24.1 Å². The summed E-state index contributed by atoms with van der Waals surface area (Å²) in [6.07, 6.45) is 4.45. The highest BCUT2D eigenvalue weighted by atomic mass is 16.7. The summed E-state index contributed by atoms with van der Waals surface area (Å²) in [6, 6.07) is 6.13. The van der Waals surface area contributed by atoms with Crippen molar-refractivity contribution in [2.24, 2.45) is 0 Å². The van der Waals surface area contributed by atoms with Gasteiger partial charge in [-0.05, 0) is 43.0 Å². The third-order valence-corrected chi connectivity index (χ3v) is 5.04. The minimum Gasteiger partial charge on any atom is -0.493 e. The number of nitrogens with zero attached hydrogens (tertiary/aromatic N) is 1. The molecule has 5 heteroatoms. The van der Waals surface area contributed by atoms with Crippen LogP contribution in [0.1, 0.15) is 24.8 Å². The second kappa shape index (κ2) is 6.42. The zero-order chi connectivity index (χ0) is 16.4. The van der Waals surface area contributed by atoms with Crippen molar-refractivity contribution in [1.82, 2.24) is 4.90 Å². The number of hydrogen-bond acceptors (Lipinski definition) is 5. The molecule has 126 valence electrons. The molecule has 0 saturated carbocycles. The molecule has 1 aromatic rings. The van der Waals surface area contributed by atoms with Gasteiger partial charge in [-0.2, -0.15) is 0 Å². The van der Waals surface area contributed by atoms with Crippen molar-refractivity contribution in [3.8, 4) is 11.5 Å². The van der Waals surface area contributed by atoms with E-state index in [1.165, 1.54) is 11.3 Å². The fraction of sp³-hybridized carbons (Fsp3) is 0.556. The van der Waals surface area contributed by atoms with Crippen molar-refractivity contribution in [1.29, 1.82) is 0 Å². The number of hydrogen-bond donors (Lipinski definition) is 1. The Balaban J connectivity index is 2.01. The summed E-state index contributed by atoms with van der Waals surface area (Å²) in [5.41, 5.74) is 2.40. The third-order valence-electron chi connectivity index (χ3n) is 5.04. The standard InChI is InChI=1S/C18H25NO4/c1-19-9-8-18(7-6-14(20)11-17(18)19)13-4-5-15(22-3)16(10-13)23-12-21-2/h4-5,10-11,14,20H,6-9,12H2,1-3H3/t14-,18+/m1/s1. The minimum absolute atomic E-state index is 0.0363. The van der Waals surface area contributed by atoms with Gasteiger partial charge < -0.3 is 24.2 Å². The Morgan fingerprint density at radius 2 is 2.09 bits per heavy atom. The first-order valence-corrected chi connectivity index (χ1v) is 8.02. The summed E-state index contributed by atoms with van der Waals surface area (Å²) in [6.45, 7) is 1.19. The molecule has 1 fully saturated rings. The number of ether oxygens (including phenoxy) is 3. The normalized spacial score (nSPS) is 26.7. The summed E-state index contributed by atoms with van der Waals surface area (Å²) in [7, 11) is 5.33. The highest BCUT2D eigenvalue weighted by Crippen LogP contribution is 2.50. The van der Waals surface area contributed by atoms with E-state index in [1.807, 2.05) is 12.1 Å². The van der Waals surface area contributed by atoms with Crippen LogP contribution in [0.4, 0.5) is 0 Å². The zero-order valence-electron chi connectivity index (χ0n) is 14.0. The SMILES string of the molecule is COCOc1cc([C@@]23CC[C@@H](O)C=C2N(C)CC3)ccc1OC. The maximum absolute atomic E-state index is 10.0. The van der Waals surface area contributed by atoms with Gasteiger partial charge in [0, 0.05) is 31.8 Å². The van der Waals surface area contributed by atoms with Crippen LogP contribution in [0.3, 0.4) is 0 Å². The van der Waals surface area contributed by atoms with Crippen LogP contribution in [0.25, 0.3) is 0 Å². The molecular weight excluding hydrogens is 294 g/mol. The lowest BCUT2D eigenvalue weighted by Gasteiger charge is -2.37. The molecule has 1 aromatic carbocycles. The Bertz CT molecular complexity index is 601. The summed E-state index contributed by atoms with van der Waals surface area (Å²) in [5.74, 6) is 1.40. The predicted molar refractivity (Wildman–Crippen MR) is 87.7 cm³/mol. The highest BCUT2D eigenvalue weighted by Gasteiger charge is 2.45. The fourth-order valence-electron chi connectivity index (χ4n) is 3.82. The number of aliphatic hydroxyl groups is 1. The fourth-order valence-corrected chi connectivity index (χ4v) is 3.82. The predicted octanol–water partition coefficient (Wildman–Crippen LogP) is 2.29. The van der Waals surface area contributed by atoms with Gasteiger partial charge in [-0.25, -0.2) is 0 Å². The smallest absolute Gasteiger partial charge is 0.188 e. The molecule has 0 aromatic heterocycles. The van der Waals surface area contributed by atoms with E-state index in [-0.39, 0.29) is 18.3 Å². The largest absolute Gasteiger partial charge is 0.493 e. The van der Waals surface area contributed by atoms with Crippen molar-refractivity contribution in [3.63, 3.8) is 0 Å². The van der Waals surface area contributed by atoms with Gasteiger partial charge in [0.1, 0.15) is 0 Å². The number of fused-ring (bicyclic) bond motifs is 1. The van der Waals surface area contributed by atoms with Gasteiger partial charge in [0.15, 0.2) is 18.3 Å². The number of methoxy groups -OCH3 is 2. The second-order valence-corrected chi connectivity index (χ2v) is 6.33. The van der Waals surface area contributed by atoms with Crippen molar-refractivity contribution < 1.29 is 19.3 Å². The topological polar surface area (TPSA) is 51.2 Å². The van der Waals surface area contributed by atoms with Crippen LogP contribution in [0.15, 0.2) is 30.0 Å². The third kappa shape index (κ3) is 2.79. The summed E-state index contributed by atoms with van der Waals surface area (Å²) < 4.78 is 16.1. The lowest BCUT2D eigenvalue weighted by Crippen LogP contribution is -2.33. The van der Waals surface area contributed by atoms with Crippen LogP contribution in [-0.2, 0) is 10.2 Å². The molecule has 1 aliphatic carbocycles. The second-order valence-electron chi connectivity index (χ2n) is 6.33. The Morgan fingerprint density at radius 1 is 1.26 bits per heavy atom. The first kappa shape index (κ1) is 16.1. The van der Waals surface area contributed by atoms with E-state index in [9.17, 15) is 5.11 Å². The Kier molecular flexibility index (Phi) is 4.50.